The molecular formula is C25H27N3O2. The van der Waals surface area contributed by atoms with Gasteiger partial charge in [-0.3, -0.25) is 14.9 Å². The second-order valence-electron chi connectivity index (χ2n) is 7.87. The normalized spacial score (nSPS) is 16.0. The quantitative estimate of drug-likeness (QED) is 0.596. The molecule has 0 fully saturated rings. The van der Waals surface area contributed by atoms with E-state index in [4.69, 9.17) is 0 Å². The molecule has 2 aliphatic rings. The Labute approximate surface area is 177 Å². The third kappa shape index (κ3) is 4.21. The van der Waals surface area contributed by atoms with Gasteiger partial charge in [0.1, 0.15) is 0 Å². The van der Waals surface area contributed by atoms with Crippen LogP contribution in [0.3, 0.4) is 0 Å². The molecule has 2 heterocycles. The van der Waals surface area contributed by atoms with Crippen molar-refractivity contribution in [3.8, 4) is 0 Å². The van der Waals surface area contributed by atoms with E-state index in [2.05, 4.69) is 53.6 Å². The van der Waals surface area contributed by atoms with Crippen LogP contribution in [-0.2, 0) is 22.6 Å². The maximum Gasteiger partial charge on any atom is 0.259 e. The van der Waals surface area contributed by atoms with Crippen molar-refractivity contribution in [1.82, 2.24) is 10.6 Å². The largest absolute Gasteiger partial charge is 0.340 e. The van der Waals surface area contributed by atoms with Gasteiger partial charge in [-0.25, -0.2) is 0 Å². The number of hydrogen-bond acceptors (Lipinski definition) is 4. The van der Waals surface area contributed by atoms with Gasteiger partial charge in [0.25, 0.3) is 5.91 Å². The number of hydrogen-bond donors (Lipinski definition) is 2. The summed E-state index contributed by atoms with van der Waals surface area (Å²) in [5, 5.41) is 5.99. The highest BCUT2D eigenvalue weighted by molar-refractivity contribution is 6.09. The maximum atomic E-state index is 12.7. The number of amides is 2. The Morgan fingerprint density at radius 1 is 1.00 bits per heavy atom. The number of allylic oxidation sites excluding steroid dienone is 1. The number of carbonyl (C=O) groups excluding carboxylic acids is 2. The van der Waals surface area contributed by atoms with E-state index < -0.39 is 0 Å². The maximum absolute atomic E-state index is 12.7. The number of fused-ring (bicyclic) bond motifs is 2. The van der Waals surface area contributed by atoms with Gasteiger partial charge in [0.05, 0.1) is 11.3 Å². The molecule has 30 heavy (non-hydrogen) atoms. The standard InChI is InChI=1S/C25H27N3O2/c1-17-14-20-8-9-21-22(10-11-24(29)27-25(21)30)28(23(20)15-18(17)2)13-12-26-16-19-6-4-3-5-7-19/h3-7,9-10,14-15,26H,8,11-13,16H2,1-2H3,(H,27,29,30). The number of imide groups is 1. The molecule has 154 valence electrons. The van der Waals surface area contributed by atoms with Gasteiger partial charge in [-0.05, 0) is 48.6 Å². The monoisotopic (exact) mass is 401 g/mol. The van der Waals surface area contributed by atoms with Gasteiger partial charge in [-0.2, -0.15) is 0 Å². The van der Waals surface area contributed by atoms with E-state index in [-0.39, 0.29) is 18.2 Å². The molecule has 0 atom stereocenters. The molecule has 2 N–H and O–H groups in total. The molecular weight excluding hydrogens is 374 g/mol. The van der Waals surface area contributed by atoms with Crippen molar-refractivity contribution in [1.29, 1.82) is 0 Å². The fraction of sp³-hybridized carbons (Fsp3) is 0.280. The Hall–Kier alpha value is -3.18. The second kappa shape index (κ2) is 8.67. The van der Waals surface area contributed by atoms with E-state index in [0.717, 1.165) is 24.5 Å². The van der Waals surface area contributed by atoms with Crippen LogP contribution in [-0.4, -0.2) is 24.9 Å². The van der Waals surface area contributed by atoms with Crippen LogP contribution in [0.1, 0.15) is 28.7 Å². The summed E-state index contributed by atoms with van der Waals surface area (Å²) in [7, 11) is 0. The van der Waals surface area contributed by atoms with Gasteiger partial charge in [0, 0.05) is 31.7 Å². The zero-order chi connectivity index (χ0) is 21.1. The molecule has 0 unspecified atom stereocenters. The van der Waals surface area contributed by atoms with E-state index in [1.54, 1.807) is 0 Å². The minimum Gasteiger partial charge on any atom is -0.340 e. The average Bonchev–Trinajstić information content (AvgIpc) is 2.96. The van der Waals surface area contributed by atoms with Gasteiger partial charge in [-0.15, -0.1) is 0 Å². The molecule has 0 radical (unpaired) electrons. The first kappa shape index (κ1) is 20.1. The van der Waals surface area contributed by atoms with E-state index in [1.807, 2.05) is 30.4 Å². The molecule has 0 bridgehead atoms. The molecule has 5 heteroatoms. The Bertz CT molecular complexity index is 1040. The fourth-order valence-electron chi connectivity index (χ4n) is 3.99. The Morgan fingerprint density at radius 3 is 2.57 bits per heavy atom. The van der Waals surface area contributed by atoms with Crippen molar-refractivity contribution in [2.24, 2.45) is 0 Å². The fourth-order valence-corrected chi connectivity index (χ4v) is 3.99. The van der Waals surface area contributed by atoms with Gasteiger partial charge < -0.3 is 10.2 Å². The summed E-state index contributed by atoms with van der Waals surface area (Å²) >= 11 is 0. The van der Waals surface area contributed by atoms with Gasteiger partial charge in [0.2, 0.25) is 5.91 Å². The number of nitrogens with zero attached hydrogens (tertiary/aromatic N) is 1. The van der Waals surface area contributed by atoms with Crippen LogP contribution in [0.15, 0.2) is 65.9 Å². The summed E-state index contributed by atoms with van der Waals surface area (Å²) in [5.74, 6) is -0.573. The van der Waals surface area contributed by atoms with Crippen molar-refractivity contribution in [3.63, 3.8) is 0 Å². The summed E-state index contributed by atoms with van der Waals surface area (Å²) in [5.41, 5.74) is 7.40. The summed E-state index contributed by atoms with van der Waals surface area (Å²) in [6.45, 7) is 6.46. The van der Waals surface area contributed by atoms with Crippen LogP contribution < -0.4 is 15.5 Å². The van der Waals surface area contributed by atoms with E-state index in [9.17, 15) is 9.59 Å². The third-order valence-corrected chi connectivity index (χ3v) is 5.74. The Balaban J connectivity index is 1.63. The van der Waals surface area contributed by atoms with Crippen molar-refractivity contribution in [2.45, 2.75) is 33.2 Å². The molecule has 2 aromatic rings. The van der Waals surface area contributed by atoms with Crippen molar-refractivity contribution >= 4 is 17.5 Å². The van der Waals surface area contributed by atoms with Crippen LogP contribution in [0.25, 0.3) is 0 Å². The lowest BCUT2D eigenvalue weighted by atomic mass is 10.0. The number of aryl methyl sites for hydroxylation is 2. The lowest BCUT2D eigenvalue weighted by Gasteiger charge is -2.29. The van der Waals surface area contributed by atoms with Crippen LogP contribution in [0.4, 0.5) is 5.69 Å². The average molecular weight is 402 g/mol. The molecule has 0 spiro atoms. The number of rotatable bonds is 5. The highest BCUT2D eigenvalue weighted by Crippen LogP contribution is 2.34. The molecule has 0 aromatic heterocycles. The smallest absolute Gasteiger partial charge is 0.259 e. The summed E-state index contributed by atoms with van der Waals surface area (Å²) in [6, 6.07) is 14.7. The summed E-state index contributed by atoms with van der Waals surface area (Å²) < 4.78 is 0. The minimum atomic E-state index is -0.313. The van der Waals surface area contributed by atoms with Crippen molar-refractivity contribution in [3.05, 3.63) is 88.1 Å². The zero-order valence-electron chi connectivity index (χ0n) is 17.5. The molecule has 2 aliphatic heterocycles. The van der Waals surface area contributed by atoms with Crippen LogP contribution in [0.2, 0.25) is 0 Å². The first-order chi connectivity index (χ1) is 14.5. The highest BCUT2D eigenvalue weighted by Gasteiger charge is 2.28. The number of anilines is 1. The van der Waals surface area contributed by atoms with Gasteiger partial charge >= 0.3 is 0 Å². The van der Waals surface area contributed by atoms with Crippen LogP contribution in [0, 0.1) is 13.8 Å². The molecule has 0 saturated heterocycles. The first-order valence-corrected chi connectivity index (χ1v) is 10.4. The molecule has 0 saturated carbocycles. The number of nitrogens with one attached hydrogen (secondary N) is 2. The van der Waals surface area contributed by atoms with Crippen molar-refractivity contribution < 1.29 is 9.59 Å². The summed E-state index contributed by atoms with van der Waals surface area (Å²) in [6.07, 6.45) is 4.70. The van der Waals surface area contributed by atoms with Crippen LogP contribution >= 0.6 is 0 Å². The van der Waals surface area contributed by atoms with Gasteiger partial charge in [-0.1, -0.05) is 48.6 Å². The number of carbonyl (C=O) groups is 2. The molecule has 0 aliphatic carbocycles. The lowest BCUT2D eigenvalue weighted by molar-refractivity contribution is -0.127. The Kier molecular flexibility index (Phi) is 5.81. The number of benzene rings is 2. The molecule has 5 nitrogen and oxygen atoms in total. The van der Waals surface area contributed by atoms with Crippen LogP contribution in [0.5, 0.6) is 0 Å². The second-order valence-corrected chi connectivity index (χ2v) is 7.87. The van der Waals surface area contributed by atoms with Gasteiger partial charge in [0.15, 0.2) is 0 Å². The molecule has 2 amide bonds. The highest BCUT2D eigenvalue weighted by atomic mass is 16.2. The SMILES string of the molecule is Cc1cc2c(cc1C)N(CCNCc1ccccc1)C1=CCC(=O)NC(=O)C1=CC2. The zero-order valence-corrected chi connectivity index (χ0v) is 17.5. The molecule has 2 aromatic carbocycles. The first-order valence-electron chi connectivity index (χ1n) is 10.4. The topological polar surface area (TPSA) is 61.4 Å². The van der Waals surface area contributed by atoms with E-state index >= 15 is 0 Å². The molecule has 4 rings (SSSR count). The Morgan fingerprint density at radius 2 is 1.77 bits per heavy atom. The third-order valence-electron chi connectivity index (χ3n) is 5.74. The van der Waals surface area contributed by atoms with E-state index in [0.29, 0.717) is 18.5 Å². The lowest BCUT2D eigenvalue weighted by Crippen LogP contribution is -2.35. The van der Waals surface area contributed by atoms with Crippen molar-refractivity contribution in [2.75, 3.05) is 18.0 Å². The predicted octanol–water partition coefficient (Wildman–Crippen LogP) is 3.31. The summed E-state index contributed by atoms with van der Waals surface area (Å²) in [4.78, 5) is 26.8. The minimum absolute atomic E-state index is 0.201. The predicted molar refractivity (Wildman–Crippen MR) is 119 cm³/mol. The van der Waals surface area contributed by atoms with E-state index in [1.165, 1.54) is 22.3 Å².